The Morgan fingerprint density at radius 3 is 2.67 bits per heavy atom. The quantitative estimate of drug-likeness (QED) is 0.461. The van der Waals surface area contributed by atoms with Gasteiger partial charge in [-0.1, -0.05) is 29.8 Å². The maximum Gasteiger partial charge on any atom is 0.269 e. The predicted molar refractivity (Wildman–Crippen MR) is 85.9 cm³/mol. The van der Waals surface area contributed by atoms with Gasteiger partial charge in [0.2, 0.25) is 5.91 Å². The zero-order chi connectivity index (χ0) is 15.6. The fourth-order valence-electron chi connectivity index (χ4n) is 2.53. The number of nitro benzene ring substituents is 1. The van der Waals surface area contributed by atoms with E-state index in [1.807, 2.05) is 0 Å². The van der Waals surface area contributed by atoms with Crippen LogP contribution in [0.25, 0.3) is 0 Å². The molecule has 1 aromatic carbocycles. The normalized spacial score (nSPS) is 16.0. The molecule has 6 heteroatoms. The summed E-state index contributed by atoms with van der Waals surface area (Å²) in [6.45, 7) is 4.92. The number of carbonyl (C=O) groups is 1. The lowest BCUT2D eigenvalue weighted by atomic mass is 9.94. The Labute approximate surface area is 132 Å². The first-order valence-electron chi connectivity index (χ1n) is 7.07. The van der Waals surface area contributed by atoms with Crippen molar-refractivity contribution in [3.8, 4) is 0 Å². The number of nitro groups is 1. The number of alkyl halides is 1. The van der Waals surface area contributed by atoms with Crippen LogP contribution < -0.4 is 4.90 Å². The van der Waals surface area contributed by atoms with Crippen molar-refractivity contribution in [1.29, 1.82) is 0 Å². The molecule has 0 fully saturated rings. The molecule has 5 nitrogen and oxygen atoms in total. The van der Waals surface area contributed by atoms with Crippen molar-refractivity contribution in [3.05, 3.63) is 33.9 Å². The third-order valence-electron chi connectivity index (χ3n) is 4.03. The number of carbonyl (C=O) groups excluding carboxylic acids is 1. The highest BCUT2D eigenvalue weighted by Gasteiger charge is 2.28. The smallest absolute Gasteiger partial charge is 0.269 e. The maximum absolute atomic E-state index is 12.2. The van der Waals surface area contributed by atoms with E-state index >= 15 is 0 Å². The molecule has 2 rings (SSSR count). The Morgan fingerprint density at radius 1 is 1.38 bits per heavy atom. The molecule has 0 saturated carbocycles. The summed E-state index contributed by atoms with van der Waals surface area (Å²) >= 11 is 3.51. The number of anilines is 1. The van der Waals surface area contributed by atoms with E-state index in [1.54, 1.807) is 17.0 Å². The molecule has 0 saturated heterocycles. The van der Waals surface area contributed by atoms with Crippen molar-refractivity contribution in [3.63, 3.8) is 0 Å². The zero-order valence-electron chi connectivity index (χ0n) is 12.2. The van der Waals surface area contributed by atoms with Crippen LogP contribution in [0.2, 0.25) is 0 Å². The summed E-state index contributed by atoms with van der Waals surface area (Å²) in [5, 5.41) is 11.7. The van der Waals surface area contributed by atoms with Gasteiger partial charge in [0.1, 0.15) is 0 Å². The molecule has 1 unspecified atom stereocenters. The number of rotatable bonds is 5. The fourth-order valence-corrected chi connectivity index (χ4v) is 3.48. The van der Waals surface area contributed by atoms with Crippen LogP contribution in [0.3, 0.4) is 0 Å². The van der Waals surface area contributed by atoms with Gasteiger partial charge in [-0.2, -0.15) is 0 Å². The highest BCUT2D eigenvalue weighted by molar-refractivity contribution is 9.09. The average Bonchev–Trinajstić information content (AvgIpc) is 2.45. The predicted octanol–water partition coefficient (Wildman–Crippen LogP) is 3.54. The fraction of sp³-hybridized carbons (Fsp3) is 0.533. The van der Waals surface area contributed by atoms with E-state index in [0.29, 0.717) is 31.2 Å². The average molecular weight is 355 g/mol. The molecule has 0 spiro atoms. The minimum Gasteiger partial charge on any atom is -0.312 e. The van der Waals surface area contributed by atoms with E-state index in [-0.39, 0.29) is 11.6 Å². The summed E-state index contributed by atoms with van der Waals surface area (Å²) in [5.41, 5.74) is 1.80. The molecule has 0 radical (unpaired) electrons. The molecular weight excluding hydrogens is 336 g/mol. The molecule has 0 N–H and O–H groups in total. The van der Waals surface area contributed by atoms with E-state index in [2.05, 4.69) is 29.8 Å². The van der Waals surface area contributed by atoms with E-state index in [4.69, 9.17) is 0 Å². The number of nitrogens with zero attached hydrogens (tertiary/aromatic N) is 2. The molecule has 1 aromatic rings. The summed E-state index contributed by atoms with van der Waals surface area (Å²) < 4.78 is 0. The summed E-state index contributed by atoms with van der Waals surface area (Å²) in [4.78, 5) is 24.5. The number of non-ortho nitro benzene ring substituents is 1. The number of hydrogen-bond donors (Lipinski definition) is 0. The van der Waals surface area contributed by atoms with E-state index < -0.39 is 4.92 Å². The maximum atomic E-state index is 12.2. The molecule has 1 aliphatic heterocycles. The minimum absolute atomic E-state index is 0.0870. The van der Waals surface area contributed by atoms with Crippen LogP contribution >= 0.6 is 15.9 Å². The number of amides is 1. The molecular formula is C15H19BrN2O3. The standard InChI is InChI=1S/C15H19BrN2O3/c1-10(2)12(8-16)9-17-14-5-4-13(18(20)21)7-11(14)3-6-15(17)19/h4-5,7,10,12H,3,6,8-9H2,1-2H3. The van der Waals surface area contributed by atoms with Gasteiger partial charge in [0.25, 0.3) is 5.69 Å². The first-order valence-corrected chi connectivity index (χ1v) is 8.19. The van der Waals surface area contributed by atoms with Crippen molar-refractivity contribution >= 4 is 33.2 Å². The van der Waals surface area contributed by atoms with Crippen molar-refractivity contribution in [2.24, 2.45) is 11.8 Å². The summed E-state index contributed by atoms with van der Waals surface area (Å²) in [6, 6.07) is 4.77. The summed E-state index contributed by atoms with van der Waals surface area (Å²) in [6.07, 6.45) is 0.994. The second kappa shape index (κ2) is 6.56. The Kier molecular flexibility index (Phi) is 4.98. The van der Waals surface area contributed by atoms with Crippen molar-refractivity contribution in [2.75, 3.05) is 16.8 Å². The van der Waals surface area contributed by atoms with Crippen LogP contribution in [-0.2, 0) is 11.2 Å². The van der Waals surface area contributed by atoms with Gasteiger partial charge in [-0.15, -0.1) is 0 Å². The van der Waals surface area contributed by atoms with Crippen LogP contribution in [-0.4, -0.2) is 22.7 Å². The largest absolute Gasteiger partial charge is 0.312 e. The highest BCUT2D eigenvalue weighted by atomic mass is 79.9. The third-order valence-corrected chi connectivity index (χ3v) is 4.86. The van der Waals surface area contributed by atoms with Crippen LogP contribution in [0.5, 0.6) is 0 Å². The summed E-state index contributed by atoms with van der Waals surface area (Å²) in [5.74, 6) is 0.915. The molecule has 1 amide bonds. The topological polar surface area (TPSA) is 63.5 Å². The van der Waals surface area contributed by atoms with E-state index in [1.165, 1.54) is 6.07 Å². The molecule has 0 aromatic heterocycles. The van der Waals surface area contributed by atoms with Gasteiger partial charge in [0.05, 0.1) is 4.92 Å². The van der Waals surface area contributed by atoms with Gasteiger partial charge >= 0.3 is 0 Å². The Morgan fingerprint density at radius 2 is 2.10 bits per heavy atom. The number of hydrogen-bond acceptors (Lipinski definition) is 3. The molecule has 1 aliphatic rings. The van der Waals surface area contributed by atoms with Gasteiger partial charge < -0.3 is 4.90 Å². The monoisotopic (exact) mass is 354 g/mol. The van der Waals surface area contributed by atoms with Gasteiger partial charge in [0, 0.05) is 36.1 Å². The number of fused-ring (bicyclic) bond motifs is 1. The van der Waals surface area contributed by atoms with Gasteiger partial charge in [-0.05, 0) is 29.9 Å². The van der Waals surface area contributed by atoms with Gasteiger partial charge in [0.15, 0.2) is 0 Å². The van der Waals surface area contributed by atoms with Crippen LogP contribution in [0.4, 0.5) is 11.4 Å². The Balaban J connectivity index is 2.32. The highest BCUT2D eigenvalue weighted by Crippen LogP contribution is 2.32. The Hall–Kier alpha value is -1.43. The van der Waals surface area contributed by atoms with Crippen molar-refractivity contribution < 1.29 is 9.72 Å². The number of benzene rings is 1. The third kappa shape index (κ3) is 3.43. The molecule has 114 valence electrons. The van der Waals surface area contributed by atoms with Crippen LogP contribution in [0.15, 0.2) is 18.2 Å². The first kappa shape index (κ1) is 15.9. The molecule has 0 aliphatic carbocycles. The van der Waals surface area contributed by atoms with Crippen LogP contribution in [0, 0.1) is 22.0 Å². The molecule has 1 heterocycles. The minimum atomic E-state index is -0.392. The molecule has 21 heavy (non-hydrogen) atoms. The lowest BCUT2D eigenvalue weighted by Gasteiger charge is -2.33. The van der Waals surface area contributed by atoms with Gasteiger partial charge in [-0.25, -0.2) is 0 Å². The van der Waals surface area contributed by atoms with Crippen molar-refractivity contribution in [2.45, 2.75) is 26.7 Å². The number of halogens is 1. The van der Waals surface area contributed by atoms with E-state index in [0.717, 1.165) is 16.6 Å². The second-order valence-corrected chi connectivity index (χ2v) is 6.38. The van der Waals surface area contributed by atoms with Gasteiger partial charge in [-0.3, -0.25) is 14.9 Å². The van der Waals surface area contributed by atoms with Crippen LogP contribution in [0.1, 0.15) is 25.8 Å². The number of aryl methyl sites for hydroxylation is 1. The summed E-state index contributed by atoms with van der Waals surface area (Å²) in [7, 11) is 0. The molecule has 0 bridgehead atoms. The lowest BCUT2D eigenvalue weighted by molar-refractivity contribution is -0.384. The van der Waals surface area contributed by atoms with Crippen molar-refractivity contribution in [1.82, 2.24) is 0 Å². The van der Waals surface area contributed by atoms with E-state index in [9.17, 15) is 14.9 Å². The lowest BCUT2D eigenvalue weighted by Crippen LogP contribution is -2.40. The SMILES string of the molecule is CC(C)C(CBr)CN1C(=O)CCc2cc([N+](=O)[O-])ccc21. The molecule has 1 atom stereocenters. The second-order valence-electron chi connectivity index (χ2n) is 5.73. The Bertz CT molecular complexity index is 560. The zero-order valence-corrected chi connectivity index (χ0v) is 13.8. The first-order chi connectivity index (χ1) is 9.93.